The first-order valence-corrected chi connectivity index (χ1v) is 10.8. The number of phenolic OH excluding ortho intramolecular Hbond substituents is 1. The van der Waals surface area contributed by atoms with Gasteiger partial charge in [-0.15, -0.1) is 11.3 Å². The van der Waals surface area contributed by atoms with Crippen molar-refractivity contribution in [2.75, 3.05) is 13.2 Å². The molecule has 26 heavy (non-hydrogen) atoms. The highest BCUT2D eigenvalue weighted by atomic mass is 35.5. The van der Waals surface area contributed by atoms with Gasteiger partial charge >= 0.3 is 5.97 Å². The maximum absolute atomic E-state index is 12.5. The number of sulfone groups is 1. The van der Waals surface area contributed by atoms with Crippen LogP contribution in [0.15, 0.2) is 29.2 Å². The van der Waals surface area contributed by atoms with Gasteiger partial charge in [-0.2, -0.15) is 0 Å². The van der Waals surface area contributed by atoms with Gasteiger partial charge in [0.1, 0.15) is 21.8 Å². The van der Waals surface area contributed by atoms with E-state index in [2.05, 4.69) is 0 Å². The minimum absolute atomic E-state index is 0.0327. The molecule has 6 nitrogen and oxygen atoms in total. The predicted octanol–water partition coefficient (Wildman–Crippen LogP) is 3.68. The predicted molar refractivity (Wildman–Crippen MR) is 98.0 cm³/mol. The topological polar surface area (TPSA) is 89.9 Å². The van der Waals surface area contributed by atoms with Gasteiger partial charge in [0.15, 0.2) is 9.84 Å². The molecule has 10 heteroatoms. The molecule has 1 aliphatic heterocycles. The Bertz CT molecular complexity index is 932. The lowest BCUT2D eigenvalue weighted by molar-refractivity contribution is 0.0267. The number of rotatable bonds is 5. The largest absolute Gasteiger partial charge is 0.507 e. The SMILES string of the molecule is O=C(OC1CCOC1)c1ccc(CS(=O)(=O)c2cc(Cl)sc2Cl)cc1O. The van der Waals surface area contributed by atoms with Crippen molar-refractivity contribution in [3.8, 4) is 5.75 Å². The van der Waals surface area contributed by atoms with E-state index in [0.717, 1.165) is 11.3 Å². The van der Waals surface area contributed by atoms with E-state index in [4.69, 9.17) is 32.7 Å². The number of ether oxygens (including phenoxy) is 2. The van der Waals surface area contributed by atoms with E-state index in [1.54, 1.807) is 0 Å². The van der Waals surface area contributed by atoms with Crippen LogP contribution in [0.25, 0.3) is 0 Å². The summed E-state index contributed by atoms with van der Waals surface area (Å²) in [4.78, 5) is 12.0. The first-order valence-electron chi connectivity index (χ1n) is 7.54. The Kier molecular flexibility index (Phi) is 5.78. The van der Waals surface area contributed by atoms with Crippen molar-refractivity contribution in [3.63, 3.8) is 0 Å². The summed E-state index contributed by atoms with van der Waals surface area (Å²) in [5.74, 6) is -1.42. The van der Waals surface area contributed by atoms with Gasteiger partial charge < -0.3 is 14.6 Å². The minimum Gasteiger partial charge on any atom is -0.507 e. The average molecular weight is 437 g/mol. The highest BCUT2D eigenvalue weighted by molar-refractivity contribution is 7.91. The van der Waals surface area contributed by atoms with Crippen LogP contribution in [-0.4, -0.2) is 38.8 Å². The molecular formula is C16H14Cl2O6S2. The van der Waals surface area contributed by atoms with Crippen LogP contribution in [0, 0.1) is 0 Å². The smallest absolute Gasteiger partial charge is 0.342 e. The van der Waals surface area contributed by atoms with Crippen molar-refractivity contribution in [3.05, 3.63) is 44.1 Å². The summed E-state index contributed by atoms with van der Waals surface area (Å²) in [5.41, 5.74) is 0.274. The lowest BCUT2D eigenvalue weighted by Gasteiger charge is -2.11. The van der Waals surface area contributed by atoms with Crippen molar-refractivity contribution < 1.29 is 27.8 Å². The second-order valence-electron chi connectivity index (χ2n) is 5.69. The van der Waals surface area contributed by atoms with Gasteiger partial charge in [-0.25, -0.2) is 13.2 Å². The van der Waals surface area contributed by atoms with E-state index in [1.165, 1.54) is 24.3 Å². The zero-order chi connectivity index (χ0) is 18.9. The van der Waals surface area contributed by atoms with E-state index < -0.39 is 15.8 Å². The standard InChI is InChI=1S/C16H14Cl2O6S2/c17-14-6-13(15(18)25-14)26(21,22)8-9-1-2-11(12(19)5-9)16(20)24-10-3-4-23-7-10/h1-2,5-6,10,19H,3-4,7-8H2. The lowest BCUT2D eigenvalue weighted by Crippen LogP contribution is -2.18. The molecule has 1 N–H and O–H groups in total. The number of esters is 1. The fraction of sp³-hybridized carbons (Fsp3) is 0.312. The van der Waals surface area contributed by atoms with E-state index in [1.807, 2.05) is 0 Å². The molecule has 140 valence electrons. The fourth-order valence-corrected chi connectivity index (χ4v) is 6.08. The van der Waals surface area contributed by atoms with E-state index >= 15 is 0 Å². The Morgan fingerprint density at radius 1 is 1.35 bits per heavy atom. The van der Waals surface area contributed by atoms with Gasteiger partial charge in [0.2, 0.25) is 0 Å². The number of aromatic hydroxyl groups is 1. The van der Waals surface area contributed by atoms with Crippen LogP contribution < -0.4 is 0 Å². The van der Waals surface area contributed by atoms with Crippen molar-refractivity contribution in [1.29, 1.82) is 0 Å². The highest BCUT2D eigenvalue weighted by Crippen LogP contribution is 2.36. The van der Waals surface area contributed by atoms with Gasteiger partial charge in [-0.05, 0) is 23.8 Å². The van der Waals surface area contributed by atoms with Crippen molar-refractivity contribution >= 4 is 50.3 Å². The molecule has 1 aromatic carbocycles. The molecule has 0 spiro atoms. The summed E-state index contributed by atoms with van der Waals surface area (Å²) in [6.07, 6.45) is 0.264. The molecule has 1 fully saturated rings. The van der Waals surface area contributed by atoms with Gasteiger partial charge in [0.05, 0.1) is 28.2 Å². The Morgan fingerprint density at radius 2 is 2.12 bits per heavy atom. The molecule has 2 aromatic rings. The summed E-state index contributed by atoms with van der Waals surface area (Å²) < 4.78 is 35.7. The summed E-state index contributed by atoms with van der Waals surface area (Å²) in [6, 6.07) is 5.29. The number of hydrogen-bond donors (Lipinski definition) is 1. The first kappa shape index (κ1) is 19.4. The molecule has 0 bridgehead atoms. The van der Waals surface area contributed by atoms with Gasteiger partial charge in [-0.3, -0.25) is 0 Å². The van der Waals surface area contributed by atoms with Crippen LogP contribution in [0.1, 0.15) is 22.3 Å². The Balaban J connectivity index is 1.76. The monoisotopic (exact) mass is 436 g/mol. The summed E-state index contributed by atoms with van der Waals surface area (Å²) in [6.45, 7) is 0.850. The van der Waals surface area contributed by atoms with Crippen LogP contribution in [0.2, 0.25) is 8.67 Å². The van der Waals surface area contributed by atoms with E-state index in [0.29, 0.717) is 25.2 Å². The Hall–Kier alpha value is -1.32. The number of carbonyl (C=O) groups excluding carboxylic acids is 1. The maximum atomic E-state index is 12.5. The van der Waals surface area contributed by atoms with Crippen molar-refractivity contribution in [2.24, 2.45) is 0 Å². The summed E-state index contributed by atoms with van der Waals surface area (Å²) in [7, 11) is -3.74. The van der Waals surface area contributed by atoms with Gasteiger partial charge in [0, 0.05) is 6.42 Å². The maximum Gasteiger partial charge on any atom is 0.342 e. The lowest BCUT2D eigenvalue weighted by atomic mass is 10.1. The first-order chi connectivity index (χ1) is 12.3. The number of halogens is 2. The molecule has 2 heterocycles. The van der Waals surface area contributed by atoms with Crippen molar-refractivity contribution in [2.45, 2.75) is 23.2 Å². The molecule has 1 aromatic heterocycles. The van der Waals surface area contributed by atoms with Crippen LogP contribution in [-0.2, 0) is 25.1 Å². The third-order valence-corrected chi connectivity index (χ3v) is 7.20. The zero-order valence-electron chi connectivity index (χ0n) is 13.3. The van der Waals surface area contributed by atoms with Crippen molar-refractivity contribution in [1.82, 2.24) is 0 Å². The molecule has 1 unspecified atom stereocenters. The average Bonchev–Trinajstić information content (AvgIpc) is 3.16. The number of benzene rings is 1. The van der Waals surface area contributed by atoms with Crippen LogP contribution >= 0.6 is 34.5 Å². The molecule has 1 saturated heterocycles. The second kappa shape index (κ2) is 7.74. The molecule has 3 rings (SSSR count). The second-order valence-corrected chi connectivity index (χ2v) is 9.93. The molecular weight excluding hydrogens is 423 g/mol. The number of phenols is 1. The van der Waals surface area contributed by atoms with Gasteiger partial charge in [0.25, 0.3) is 0 Å². The molecule has 1 aliphatic rings. The molecule has 0 aliphatic carbocycles. The molecule has 1 atom stereocenters. The van der Waals surface area contributed by atoms with Crippen LogP contribution in [0.5, 0.6) is 5.75 Å². The van der Waals surface area contributed by atoms with E-state index in [-0.39, 0.29) is 36.7 Å². The zero-order valence-corrected chi connectivity index (χ0v) is 16.4. The highest BCUT2D eigenvalue weighted by Gasteiger charge is 2.25. The quantitative estimate of drug-likeness (QED) is 0.718. The number of thiophene rings is 1. The molecule has 0 saturated carbocycles. The number of hydrogen-bond acceptors (Lipinski definition) is 7. The summed E-state index contributed by atoms with van der Waals surface area (Å²) >= 11 is 12.7. The third kappa shape index (κ3) is 4.32. The third-order valence-electron chi connectivity index (χ3n) is 3.76. The Morgan fingerprint density at radius 3 is 2.69 bits per heavy atom. The van der Waals surface area contributed by atoms with Gasteiger partial charge in [-0.1, -0.05) is 29.3 Å². The van der Waals surface area contributed by atoms with E-state index in [9.17, 15) is 18.3 Å². The fourth-order valence-electron chi connectivity index (χ4n) is 2.49. The van der Waals surface area contributed by atoms with Crippen LogP contribution in [0.4, 0.5) is 0 Å². The number of carbonyl (C=O) groups is 1. The summed E-state index contributed by atoms with van der Waals surface area (Å²) in [5, 5.41) is 10.1. The normalized spacial score (nSPS) is 17.4. The van der Waals surface area contributed by atoms with Crippen LogP contribution in [0.3, 0.4) is 0 Å². The molecule has 0 amide bonds. The molecule has 0 radical (unpaired) electrons. The minimum atomic E-state index is -3.74. The Labute approximate surface area is 164 Å².